The highest BCUT2D eigenvalue weighted by Crippen LogP contribution is 2.23. The first-order valence-electron chi connectivity index (χ1n) is 10.3. The second-order valence-corrected chi connectivity index (χ2v) is 7.90. The molecule has 1 N–H and O–H groups in total. The van der Waals surface area contributed by atoms with Crippen LogP contribution in [0.5, 0.6) is 17.2 Å². The van der Waals surface area contributed by atoms with Crippen molar-refractivity contribution in [3.63, 3.8) is 0 Å². The minimum atomic E-state index is -0.532. The number of amides is 1. The van der Waals surface area contributed by atoms with Crippen LogP contribution in [0.15, 0.2) is 89.0 Å². The molecule has 3 rings (SSSR count). The number of halogens is 1. The monoisotopic (exact) mass is 522 g/mol. The zero-order valence-electron chi connectivity index (χ0n) is 18.5. The molecule has 0 heterocycles. The summed E-state index contributed by atoms with van der Waals surface area (Å²) < 4.78 is 17.0. The molecule has 3 aromatic rings. The van der Waals surface area contributed by atoms with Gasteiger partial charge in [0.1, 0.15) is 17.2 Å². The second kappa shape index (κ2) is 12.4. The fourth-order valence-corrected chi connectivity index (χ4v) is 3.30. The first-order chi connectivity index (χ1) is 16.5. The molecule has 0 aromatic heterocycles. The van der Waals surface area contributed by atoms with Crippen LogP contribution in [0.3, 0.4) is 0 Å². The van der Waals surface area contributed by atoms with Crippen LogP contribution >= 0.6 is 15.9 Å². The van der Waals surface area contributed by atoms with Crippen LogP contribution in [0.4, 0.5) is 0 Å². The Bertz CT molecular complexity index is 1190. The molecule has 0 saturated heterocycles. The Hall–Kier alpha value is -3.91. The summed E-state index contributed by atoms with van der Waals surface area (Å²) in [5.74, 6) is 0.571. The second-order valence-electron chi connectivity index (χ2n) is 6.98. The standard InChI is InChI=1S/C26H23BrN2O5/c1-3-6-18-7-4-5-8-23(18)33-17-25(30)29-28-16-20-15-21(27)11-14-24(20)34-26(31)19-9-12-22(32-2)13-10-19/h3-5,7-16H,1,6,17H2,2H3,(H,29,30)/b28-16-. The van der Waals surface area contributed by atoms with Crippen molar-refractivity contribution in [2.45, 2.75) is 6.42 Å². The topological polar surface area (TPSA) is 86.2 Å². The van der Waals surface area contributed by atoms with Gasteiger partial charge in [0.25, 0.3) is 5.91 Å². The van der Waals surface area contributed by atoms with E-state index in [-0.39, 0.29) is 12.4 Å². The summed E-state index contributed by atoms with van der Waals surface area (Å²) >= 11 is 3.38. The van der Waals surface area contributed by atoms with Gasteiger partial charge in [-0.15, -0.1) is 6.58 Å². The molecule has 174 valence electrons. The van der Waals surface area contributed by atoms with Crippen LogP contribution in [-0.4, -0.2) is 31.8 Å². The van der Waals surface area contributed by atoms with E-state index in [1.54, 1.807) is 61.7 Å². The minimum absolute atomic E-state index is 0.205. The number of hydrogen-bond donors (Lipinski definition) is 1. The summed E-state index contributed by atoms with van der Waals surface area (Å²) in [6.45, 7) is 3.52. The number of esters is 1. The average Bonchev–Trinajstić information content (AvgIpc) is 2.85. The fourth-order valence-electron chi connectivity index (χ4n) is 2.92. The molecule has 0 atom stereocenters. The number of benzene rings is 3. The SMILES string of the molecule is C=CCc1ccccc1OCC(=O)N/N=C\c1cc(Br)ccc1OC(=O)c1ccc(OC)cc1. The van der Waals surface area contributed by atoms with E-state index >= 15 is 0 Å². The van der Waals surface area contributed by atoms with Gasteiger partial charge >= 0.3 is 5.97 Å². The minimum Gasteiger partial charge on any atom is -0.497 e. The smallest absolute Gasteiger partial charge is 0.343 e. The van der Waals surface area contributed by atoms with Crippen molar-refractivity contribution in [3.8, 4) is 17.2 Å². The van der Waals surface area contributed by atoms with E-state index in [4.69, 9.17) is 14.2 Å². The highest BCUT2D eigenvalue weighted by atomic mass is 79.9. The lowest BCUT2D eigenvalue weighted by Gasteiger charge is -2.10. The molecular weight excluding hydrogens is 500 g/mol. The molecule has 34 heavy (non-hydrogen) atoms. The van der Waals surface area contributed by atoms with Gasteiger partial charge in [0, 0.05) is 10.0 Å². The van der Waals surface area contributed by atoms with Gasteiger partial charge in [0.15, 0.2) is 6.61 Å². The summed E-state index contributed by atoms with van der Waals surface area (Å²) in [4.78, 5) is 24.7. The van der Waals surface area contributed by atoms with E-state index in [0.29, 0.717) is 29.0 Å². The molecule has 0 spiro atoms. The molecule has 0 aliphatic carbocycles. The van der Waals surface area contributed by atoms with Crippen LogP contribution in [0.2, 0.25) is 0 Å². The Morgan fingerprint density at radius 2 is 1.82 bits per heavy atom. The summed E-state index contributed by atoms with van der Waals surface area (Å²) in [6, 6.07) is 19.1. The Labute approximate surface area is 206 Å². The van der Waals surface area contributed by atoms with Crippen molar-refractivity contribution in [2.75, 3.05) is 13.7 Å². The van der Waals surface area contributed by atoms with Crippen molar-refractivity contribution < 1.29 is 23.8 Å². The Balaban J connectivity index is 1.62. The van der Waals surface area contributed by atoms with Crippen LogP contribution in [0, 0.1) is 0 Å². The lowest BCUT2D eigenvalue weighted by atomic mass is 10.1. The van der Waals surface area contributed by atoms with Crippen LogP contribution in [-0.2, 0) is 11.2 Å². The van der Waals surface area contributed by atoms with E-state index in [1.807, 2.05) is 18.2 Å². The number of para-hydroxylation sites is 1. The van der Waals surface area contributed by atoms with Crippen LogP contribution in [0.25, 0.3) is 0 Å². The van der Waals surface area contributed by atoms with Crippen molar-refractivity contribution in [1.29, 1.82) is 0 Å². The van der Waals surface area contributed by atoms with Gasteiger partial charge < -0.3 is 14.2 Å². The molecule has 0 fully saturated rings. The van der Waals surface area contributed by atoms with Crippen LogP contribution < -0.4 is 19.6 Å². The van der Waals surface area contributed by atoms with E-state index in [1.165, 1.54) is 6.21 Å². The number of nitrogens with zero attached hydrogens (tertiary/aromatic N) is 1. The number of ether oxygens (including phenoxy) is 3. The van der Waals surface area contributed by atoms with E-state index in [2.05, 4.69) is 33.0 Å². The maximum Gasteiger partial charge on any atom is 0.343 e. The molecular formula is C26H23BrN2O5. The summed E-state index contributed by atoms with van der Waals surface area (Å²) in [5.41, 5.74) is 4.21. The molecule has 0 bridgehead atoms. The number of carbonyl (C=O) groups excluding carboxylic acids is 2. The Kier molecular flexibility index (Phi) is 8.99. The number of hydrogen-bond acceptors (Lipinski definition) is 6. The molecule has 0 radical (unpaired) electrons. The van der Waals surface area contributed by atoms with Gasteiger partial charge in [0.05, 0.1) is 18.9 Å². The number of hydrazone groups is 1. The Morgan fingerprint density at radius 3 is 2.56 bits per heavy atom. The molecule has 8 heteroatoms. The number of carbonyl (C=O) groups is 2. The van der Waals surface area contributed by atoms with Crippen molar-refractivity contribution >= 4 is 34.0 Å². The third kappa shape index (κ3) is 7.05. The van der Waals surface area contributed by atoms with Gasteiger partial charge in [0.2, 0.25) is 0 Å². The lowest BCUT2D eigenvalue weighted by Crippen LogP contribution is -2.24. The van der Waals surface area contributed by atoms with Gasteiger partial charge in [-0.05, 0) is 60.5 Å². The average molecular weight is 523 g/mol. The van der Waals surface area contributed by atoms with E-state index in [9.17, 15) is 9.59 Å². The van der Waals surface area contributed by atoms with Crippen LogP contribution in [0.1, 0.15) is 21.5 Å². The van der Waals surface area contributed by atoms with E-state index < -0.39 is 11.9 Å². The molecule has 0 aliphatic heterocycles. The number of methoxy groups -OCH3 is 1. The van der Waals surface area contributed by atoms with Gasteiger partial charge in [-0.3, -0.25) is 4.79 Å². The molecule has 0 unspecified atom stereocenters. The van der Waals surface area contributed by atoms with Crippen molar-refractivity contribution in [2.24, 2.45) is 5.10 Å². The first kappa shape index (κ1) is 24.7. The summed E-state index contributed by atoms with van der Waals surface area (Å²) in [5, 5.41) is 3.97. The maximum atomic E-state index is 12.5. The van der Waals surface area contributed by atoms with Gasteiger partial charge in [-0.2, -0.15) is 5.10 Å². The lowest BCUT2D eigenvalue weighted by molar-refractivity contribution is -0.123. The normalized spacial score (nSPS) is 10.5. The number of allylic oxidation sites excluding steroid dienone is 1. The predicted octanol–water partition coefficient (Wildman–Crippen LogP) is 4.93. The number of rotatable bonds is 10. The third-order valence-electron chi connectivity index (χ3n) is 4.59. The molecule has 0 saturated carbocycles. The fraction of sp³-hybridized carbons (Fsp3) is 0.115. The summed E-state index contributed by atoms with van der Waals surface area (Å²) in [7, 11) is 1.55. The predicted molar refractivity (Wildman–Crippen MR) is 134 cm³/mol. The number of nitrogens with one attached hydrogen (secondary N) is 1. The first-order valence-corrected chi connectivity index (χ1v) is 11.1. The quantitative estimate of drug-likeness (QED) is 0.134. The van der Waals surface area contributed by atoms with Gasteiger partial charge in [-0.1, -0.05) is 40.2 Å². The molecule has 1 amide bonds. The summed E-state index contributed by atoms with van der Waals surface area (Å²) in [6.07, 6.45) is 3.80. The zero-order chi connectivity index (χ0) is 24.3. The molecule has 3 aromatic carbocycles. The largest absolute Gasteiger partial charge is 0.497 e. The zero-order valence-corrected chi connectivity index (χ0v) is 20.1. The third-order valence-corrected chi connectivity index (χ3v) is 5.08. The molecule has 0 aliphatic rings. The van der Waals surface area contributed by atoms with Crippen molar-refractivity contribution in [3.05, 3.63) is 101 Å². The van der Waals surface area contributed by atoms with E-state index in [0.717, 1.165) is 10.0 Å². The highest BCUT2D eigenvalue weighted by molar-refractivity contribution is 9.10. The maximum absolute atomic E-state index is 12.5. The van der Waals surface area contributed by atoms with Crippen molar-refractivity contribution in [1.82, 2.24) is 5.43 Å². The van der Waals surface area contributed by atoms with Gasteiger partial charge in [-0.25, -0.2) is 10.2 Å². The molecule has 7 nitrogen and oxygen atoms in total. The Morgan fingerprint density at radius 1 is 1.06 bits per heavy atom. The highest BCUT2D eigenvalue weighted by Gasteiger charge is 2.12.